The molecule has 0 bridgehead atoms. The van der Waals surface area contributed by atoms with Crippen molar-refractivity contribution in [1.29, 1.82) is 0 Å². The first kappa shape index (κ1) is 14.5. The van der Waals surface area contributed by atoms with Crippen LogP contribution in [0.25, 0.3) is 0 Å². The van der Waals surface area contributed by atoms with Crippen molar-refractivity contribution in [2.45, 2.75) is 52.2 Å². The second-order valence-corrected chi connectivity index (χ2v) is 5.44. The normalized spacial score (nSPS) is 29.7. The van der Waals surface area contributed by atoms with Crippen molar-refractivity contribution in [3.63, 3.8) is 0 Å². The van der Waals surface area contributed by atoms with E-state index in [1.807, 2.05) is 20.8 Å². The molecule has 1 rings (SSSR count). The maximum atomic E-state index is 11.9. The average Bonchev–Trinajstić information content (AvgIpc) is 2.71. The molecule has 0 aliphatic carbocycles. The van der Waals surface area contributed by atoms with Crippen LogP contribution in [0.5, 0.6) is 0 Å². The highest BCUT2D eigenvalue weighted by Gasteiger charge is 2.33. The molecule has 1 aliphatic heterocycles. The Balaban J connectivity index is 2.42. The fraction of sp³-hybridized carbons (Fsp3) is 0.923. The van der Waals surface area contributed by atoms with Gasteiger partial charge in [0.1, 0.15) is 6.10 Å². The molecule has 1 heterocycles. The smallest absolute Gasteiger partial charge is 0.249 e. The van der Waals surface area contributed by atoms with Crippen LogP contribution in [0.2, 0.25) is 0 Å². The Hall–Kier alpha value is -0.610. The van der Waals surface area contributed by atoms with Crippen molar-refractivity contribution in [2.24, 2.45) is 11.8 Å². The van der Waals surface area contributed by atoms with Gasteiger partial charge in [0.25, 0.3) is 0 Å². The van der Waals surface area contributed by atoms with Crippen LogP contribution in [-0.4, -0.2) is 35.9 Å². The highest BCUT2D eigenvalue weighted by Crippen LogP contribution is 2.21. The summed E-state index contributed by atoms with van der Waals surface area (Å²) in [7, 11) is 0. The Morgan fingerprint density at radius 2 is 2.29 bits per heavy atom. The fourth-order valence-corrected chi connectivity index (χ4v) is 2.01. The summed E-state index contributed by atoms with van der Waals surface area (Å²) in [6.45, 7) is 8.74. The van der Waals surface area contributed by atoms with E-state index in [0.29, 0.717) is 6.61 Å². The Bertz CT molecular complexity index is 265. The van der Waals surface area contributed by atoms with Gasteiger partial charge in [0, 0.05) is 13.2 Å². The van der Waals surface area contributed by atoms with E-state index in [9.17, 15) is 9.90 Å². The van der Waals surface area contributed by atoms with Gasteiger partial charge < -0.3 is 15.2 Å². The number of rotatable bonds is 5. The molecule has 2 N–H and O–H groups in total. The minimum atomic E-state index is -0.855. The maximum absolute atomic E-state index is 11.9. The topological polar surface area (TPSA) is 58.6 Å². The van der Waals surface area contributed by atoms with E-state index in [-0.39, 0.29) is 30.4 Å². The van der Waals surface area contributed by atoms with E-state index in [2.05, 4.69) is 5.32 Å². The van der Waals surface area contributed by atoms with Gasteiger partial charge in [-0.1, -0.05) is 27.2 Å². The highest BCUT2D eigenvalue weighted by atomic mass is 16.5. The third-order valence-corrected chi connectivity index (χ3v) is 3.94. The van der Waals surface area contributed by atoms with Gasteiger partial charge in [-0.3, -0.25) is 4.79 Å². The lowest BCUT2D eigenvalue weighted by Crippen LogP contribution is -2.48. The number of amides is 1. The summed E-state index contributed by atoms with van der Waals surface area (Å²) < 4.78 is 5.39. The molecule has 0 saturated carbocycles. The van der Waals surface area contributed by atoms with E-state index in [1.165, 1.54) is 0 Å². The lowest BCUT2D eigenvalue weighted by molar-refractivity contribution is -0.133. The first-order valence-electron chi connectivity index (χ1n) is 6.50. The molecular formula is C13H25NO3. The molecule has 0 spiro atoms. The molecule has 17 heavy (non-hydrogen) atoms. The van der Waals surface area contributed by atoms with E-state index >= 15 is 0 Å². The summed E-state index contributed by atoms with van der Waals surface area (Å²) in [4.78, 5) is 11.9. The van der Waals surface area contributed by atoms with Crippen LogP contribution in [0.15, 0.2) is 0 Å². The minimum absolute atomic E-state index is 0.0985. The number of ether oxygens (including phenoxy) is 1. The largest absolute Gasteiger partial charge is 0.388 e. The summed E-state index contributed by atoms with van der Waals surface area (Å²) in [5, 5.41) is 13.0. The van der Waals surface area contributed by atoms with Gasteiger partial charge in [-0.2, -0.15) is 0 Å². The lowest BCUT2D eigenvalue weighted by Gasteiger charge is -2.30. The highest BCUT2D eigenvalue weighted by molar-refractivity contribution is 5.81. The zero-order valence-corrected chi connectivity index (χ0v) is 11.3. The molecule has 4 unspecified atom stereocenters. The summed E-state index contributed by atoms with van der Waals surface area (Å²) >= 11 is 0. The number of carbonyl (C=O) groups excluding carboxylic acids is 1. The molecule has 1 saturated heterocycles. The molecule has 0 aromatic heterocycles. The van der Waals surface area contributed by atoms with E-state index in [1.54, 1.807) is 6.92 Å². The first-order chi connectivity index (χ1) is 7.88. The Morgan fingerprint density at radius 3 is 2.76 bits per heavy atom. The monoisotopic (exact) mass is 243 g/mol. The summed E-state index contributed by atoms with van der Waals surface area (Å²) in [6.07, 6.45) is 1.47. The Morgan fingerprint density at radius 1 is 1.65 bits per heavy atom. The first-order valence-corrected chi connectivity index (χ1v) is 6.50. The minimum Gasteiger partial charge on any atom is -0.388 e. The second kappa shape index (κ2) is 5.83. The van der Waals surface area contributed by atoms with Gasteiger partial charge in [-0.25, -0.2) is 0 Å². The van der Waals surface area contributed by atoms with Crippen molar-refractivity contribution in [3.8, 4) is 0 Å². The molecular weight excluding hydrogens is 218 g/mol. The van der Waals surface area contributed by atoms with Gasteiger partial charge >= 0.3 is 0 Å². The summed E-state index contributed by atoms with van der Waals surface area (Å²) in [5.41, 5.74) is -0.855. The number of hydrogen-bond acceptors (Lipinski definition) is 3. The van der Waals surface area contributed by atoms with E-state index in [4.69, 9.17) is 4.74 Å². The molecule has 1 aliphatic rings. The third-order valence-electron chi connectivity index (χ3n) is 3.94. The van der Waals surface area contributed by atoms with E-state index in [0.717, 1.165) is 12.8 Å². The van der Waals surface area contributed by atoms with Crippen molar-refractivity contribution >= 4 is 5.91 Å². The van der Waals surface area contributed by atoms with Crippen LogP contribution in [0.4, 0.5) is 0 Å². The summed E-state index contributed by atoms with van der Waals surface area (Å²) in [5.74, 6) is 0.326. The lowest BCUT2D eigenvalue weighted by atomic mass is 9.88. The van der Waals surface area contributed by atoms with Crippen LogP contribution >= 0.6 is 0 Å². The average molecular weight is 243 g/mol. The van der Waals surface area contributed by atoms with Crippen molar-refractivity contribution < 1.29 is 14.6 Å². The Labute approximate surface area is 104 Å². The molecule has 4 atom stereocenters. The maximum Gasteiger partial charge on any atom is 0.249 e. The standard InChI is InChI=1S/C13H25NO3/c1-5-10(3)13(4,16)8-14-12(15)11-9(2)6-7-17-11/h9-11,16H,5-8H2,1-4H3,(H,14,15). The zero-order valence-electron chi connectivity index (χ0n) is 11.3. The van der Waals surface area contributed by atoms with Crippen molar-refractivity contribution in [1.82, 2.24) is 5.32 Å². The van der Waals surface area contributed by atoms with Gasteiger partial charge in [0.15, 0.2) is 0 Å². The molecule has 1 amide bonds. The van der Waals surface area contributed by atoms with Crippen molar-refractivity contribution in [2.75, 3.05) is 13.2 Å². The molecule has 4 heteroatoms. The van der Waals surface area contributed by atoms with Crippen molar-refractivity contribution in [3.05, 3.63) is 0 Å². The second-order valence-electron chi connectivity index (χ2n) is 5.44. The molecule has 4 nitrogen and oxygen atoms in total. The van der Waals surface area contributed by atoms with Crippen LogP contribution in [-0.2, 0) is 9.53 Å². The van der Waals surface area contributed by atoms with Crippen LogP contribution < -0.4 is 5.32 Å². The van der Waals surface area contributed by atoms with Gasteiger partial charge in [0.05, 0.1) is 5.60 Å². The SMILES string of the molecule is CCC(C)C(C)(O)CNC(=O)C1OCCC1C. The predicted molar refractivity (Wildman–Crippen MR) is 66.6 cm³/mol. The number of carbonyl (C=O) groups is 1. The van der Waals surface area contributed by atoms with Gasteiger partial charge in [-0.15, -0.1) is 0 Å². The third kappa shape index (κ3) is 3.68. The quantitative estimate of drug-likeness (QED) is 0.765. The molecule has 100 valence electrons. The zero-order chi connectivity index (χ0) is 13.1. The van der Waals surface area contributed by atoms with Gasteiger partial charge in [-0.05, 0) is 25.2 Å². The van der Waals surface area contributed by atoms with Crippen LogP contribution in [0.3, 0.4) is 0 Å². The molecule has 0 aromatic carbocycles. The van der Waals surface area contributed by atoms with Gasteiger partial charge in [0.2, 0.25) is 5.91 Å². The predicted octanol–water partition coefficient (Wildman–Crippen LogP) is 1.32. The molecule has 1 fully saturated rings. The number of aliphatic hydroxyl groups is 1. The van der Waals surface area contributed by atoms with Crippen LogP contribution in [0.1, 0.15) is 40.5 Å². The molecule has 0 aromatic rings. The summed E-state index contributed by atoms with van der Waals surface area (Å²) in [6, 6.07) is 0. The van der Waals surface area contributed by atoms with E-state index < -0.39 is 5.60 Å². The Kier molecular flexibility index (Phi) is 4.95. The number of hydrogen-bond donors (Lipinski definition) is 2. The van der Waals surface area contributed by atoms with Crippen LogP contribution in [0, 0.1) is 11.8 Å². The fourth-order valence-electron chi connectivity index (χ4n) is 2.01. The molecule has 0 radical (unpaired) electrons. The number of nitrogens with one attached hydrogen (secondary N) is 1.